The Bertz CT molecular complexity index is 1180. The van der Waals surface area contributed by atoms with Crippen LogP contribution in [0.3, 0.4) is 0 Å². The Balaban J connectivity index is 1.46. The second kappa shape index (κ2) is 8.96. The summed E-state index contributed by atoms with van der Waals surface area (Å²) in [7, 11) is -3.71. The van der Waals surface area contributed by atoms with Gasteiger partial charge in [0.2, 0.25) is 5.91 Å². The molecule has 0 bridgehead atoms. The van der Waals surface area contributed by atoms with Gasteiger partial charge in [-0.1, -0.05) is 12.1 Å². The quantitative estimate of drug-likeness (QED) is 0.592. The molecule has 2 N–H and O–H groups in total. The van der Waals surface area contributed by atoms with Crippen LogP contribution in [0.5, 0.6) is 0 Å². The van der Waals surface area contributed by atoms with E-state index in [2.05, 4.69) is 15.6 Å². The summed E-state index contributed by atoms with van der Waals surface area (Å²) < 4.78 is 27.3. The maximum Gasteiger partial charge on any atom is 0.255 e. The summed E-state index contributed by atoms with van der Waals surface area (Å²) in [5, 5.41) is 7.25. The molecule has 31 heavy (non-hydrogen) atoms. The average molecular weight is 457 g/mol. The van der Waals surface area contributed by atoms with E-state index in [1.807, 2.05) is 0 Å². The molecule has 3 aromatic rings. The first-order chi connectivity index (χ1) is 14.9. The number of amides is 2. The lowest BCUT2D eigenvalue weighted by molar-refractivity contribution is -0.119. The number of pyridine rings is 1. The van der Waals surface area contributed by atoms with Crippen LogP contribution in [-0.2, 0) is 14.8 Å². The number of carbonyl (C=O) groups excluding carboxylic acids is 2. The molecule has 0 saturated carbocycles. The number of anilines is 2. The van der Waals surface area contributed by atoms with Crippen LogP contribution < -0.4 is 10.6 Å². The third-order valence-corrected chi connectivity index (χ3v) is 8.18. The zero-order valence-corrected chi connectivity index (χ0v) is 18.0. The summed E-state index contributed by atoms with van der Waals surface area (Å²) in [6.07, 6.45) is 4.13. The van der Waals surface area contributed by atoms with Crippen molar-refractivity contribution >= 4 is 44.5 Å². The predicted octanol–water partition coefficient (Wildman–Crippen LogP) is 3.19. The van der Waals surface area contributed by atoms with Crippen LogP contribution in [0.25, 0.3) is 0 Å². The molecule has 1 saturated heterocycles. The molecule has 1 aliphatic heterocycles. The monoisotopic (exact) mass is 456 g/mol. The van der Waals surface area contributed by atoms with Gasteiger partial charge in [0, 0.05) is 35.9 Å². The third kappa shape index (κ3) is 4.66. The van der Waals surface area contributed by atoms with E-state index in [0.29, 0.717) is 36.3 Å². The number of nitrogens with zero attached hydrogens (tertiary/aromatic N) is 2. The van der Waals surface area contributed by atoms with Crippen LogP contribution in [0.2, 0.25) is 0 Å². The molecule has 0 radical (unpaired) electrons. The van der Waals surface area contributed by atoms with Gasteiger partial charge in [0.15, 0.2) is 0 Å². The molecule has 4 rings (SSSR count). The van der Waals surface area contributed by atoms with Gasteiger partial charge >= 0.3 is 0 Å². The fourth-order valence-electron chi connectivity index (χ4n) is 3.42. The van der Waals surface area contributed by atoms with E-state index in [1.165, 1.54) is 16.7 Å². The predicted molar refractivity (Wildman–Crippen MR) is 118 cm³/mol. The van der Waals surface area contributed by atoms with Gasteiger partial charge in [-0.2, -0.15) is 4.31 Å². The topological polar surface area (TPSA) is 108 Å². The molecule has 1 aromatic carbocycles. The van der Waals surface area contributed by atoms with Crippen molar-refractivity contribution < 1.29 is 18.0 Å². The summed E-state index contributed by atoms with van der Waals surface area (Å²) in [4.78, 5) is 29.1. The first-order valence-corrected chi connectivity index (χ1v) is 11.9. The SMILES string of the molecule is O=C(Nc1cccc(NC(=O)C2CCCN2S(=O)(=O)c2cccs2)c1)c1ccncc1. The molecule has 0 aliphatic carbocycles. The third-order valence-electron chi connectivity index (χ3n) is 4.89. The highest BCUT2D eigenvalue weighted by Gasteiger charge is 2.39. The number of aromatic nitrogens is 1. The minimum atomic E-state index is -3.71. The van der Waals surface area contributed by atoms with Gasteiger partial charge in [0.25, 0.3) is 15.9 Å². The lowest BCUT2D eigenvalue weighted by Gasteiger charge is -2.22. The Kier molecular flexibility index (Phi) is 6.12. The molecule has 3 heterocycles. The number of thiophene rings is 1. The van der Waals surface area contributed by atoms with Crippen molar-refractivity contribution in [1.29, 1.82) is 0 Å². The molecule has 1 unspecified atom stereocenters. The van der Waals surface area contributed by atoms with Gasteiger partial charge in [-0.25, -0.2) is 8.42 Å². The number of benzene rings is 1. The smallest absolute Gasteiger partial charge is 0.255 e. The van der Waals surface area contributed by atoms with E-state index < -0.39 is 22.0 Å². The molecular weight excluding hydrogens is 436 g/mol. The van der Waals surface area contributed by atoms with E-state index >= 15 is 0 Å². The molecule has 8 nitrogen and oxygen atoms in total. The summed E-state index contributed by atoms with van der Waals surface area (Å²) >= 11 is 1.13. The fourth-order valence-corrected chi connectivity index (χ4v) is 6.20. The minimum absolute atomic E-state index is 0.230. The van der Waals surface area contributed by atoms with Gasteiger partial charge in [0.05, 0.1) is 0 Å². The molecule has 2 aromatic heterocycles. The van der Waals surface area contributed by atoms with Crippen LogP contribution in [0, 0.1) is 0 Å². The van der Waals surface area contributed by atoms with E-state index in [1.54, 1.807) is 53.9 Å². The Morgan fingerprint density at radius 1 is 1.03 bits per heavy atom. The maximum absolute atomic E-state index is 12.9. The molecule has 10 heteroatoms. The van der Waals surface area contributed by atoms with E-state index in [9.17, 15) is 18.0 Å². The number of hydrogen-bond donors (Lipinski definition) is 2. The summed E-state index contributed by atoms with van der Waals surface area (Å²) in [6, 6.07) is 12.4. The highest BCUT2D eigenvalue weighted by Crippen LogP contribution is 2.29. The molecule has 0 spiro atoms. The van der Waals surface area contributed by atoms with Crippen LogP contribution in [0.4, 0.5) is 11.4 Å². The van der Waals surface area contributed by atoms with E-state index in [4.69, 9.17) is 0 Å². The van der Waals surface area contributed by atoms with Crippen molar-refractivity contribution in [2.24, 2.45) is 0 Å². The zero-order chi connectivity index (χ0) is 21.8. The second-order valence-electron chi connectivity index (χ2n) is 6.97. The van der Waals surface area contributed by atoms with Crippen LogP contribution in [-0.4, -0.2) is 42.1 Å². The van der Waals surface area contributed by atoms with Gasteiger partial charge in [0.1, 0.15) is 10.3 Å². The highest BCUT2D eigenvalue weighted by atomic mass is 32.2. The Labute approximate surface area is 184 Å². The molecule has 1 aliphatic rings. The number of sulfonamides is 1. The van der Waals surface area contributed by atoms with E-state index in [0.717, 1.165) is 11.3 Å². The van der Waals surface area contributed by atoms with Crippen molar-refractivity contribution in [3.05, 3.63) is 71.9 Å². The molecular formula is C21H20N4O4S2. The average Bonchev–Trinajstić information content (AvgIpc) is 3.47. The van der Waals surface area contributed by atoms with Crippen LogP contribution >= 0.6 is 11.3 Å². The summed E-state index contributed by atoms with van der Waals surface area (Å²) in [5.74, 6) is -0.690. The Morgan fingerprint density at radius 2 is 1.77 bits per heavy atom. The Morgan fingerprint density at radius 3 is 2.48 bits per heavy atom. The standard InChI is InChI=1S/C21H20N4O4S2/c26-20(15-8-10-22-11-9-15)23-16-4-1-5-17(14-16)24-21(27)18-6-2-12-25(18)31(28,29)19-7-3-13-30-19/h1,3-5,7-11,13-14,18H,2,6,12H2,(H,23,26)(H,24,27). The normalized spacial score (nSPS) is 16.7. The maximum atomic E-state index is 12.9. The molecule has 160 valence electrons. The Hall–Kier alpha value is -3.08. The van der Waals surface area contributed by atoms with Crippen molar-refractivity contribution in [1.82, 2.24) is 9.29 Å². The number of hydrogen-bond acceptors (Lipinski definition) is 6. The number of rotatable bonds is 6. The molecule has 1 atom stereocenters. The van der Waals surface area contributed by atoms with Crippen molar-refractivity contribution in [2.45, 2.75) is 23.1 Å². The fraction of sp³-hybridized carbons (Fsp3) is 0.190. The van der Waals surface area contributed by atoms with Crippen molar-refractivity contribution in [3.8, 4) is 0 Å². The van der Waals surface area contributed by atoms with Crippen molar-refractivity contribution in [2.75, 3.05) is 17.2 Å². The molecule has 1 fully saturated rings. The second-order valence-corrected chi connectivity index (χ2v) is 10.0. The van der Waals surface area contributed by atoms with E-state index in [-0.39, 0.29) is 10.1 Å². The highest BCUT2D eigenvalue weighted by molar-refractivity contribution is 7.91. The number of nitrogens with one attached hydrogen (secondary N) is 2. The lowest BCUT2D eigenvalue weighted by Crippen LogP contribution is -2.42. The molecule has 2 amide bonds. The lowest BCUT2D eigenvalue weighted by atomic mass is 10.2. The summed E-state index contributed by atoms with van der Waals surface area (Å²) in [5.41, 5.74) is 1.44. The first kappa shape index (κ1) is 21.2. The first-order valence-electron chi connectivity index (χ1n) is 9.63. The van der Waals surface area contributed by atoms with Crippen molar-refractivity contribution in [3.63, 3.8) is 0 Å². The van der Waals surface area contributed by atoms with Crippen LogP contribution in [0.1, 0.15) is 23.2 Å². The van der Waals surface area contributed by atoms with Crippen LogP contribution in [0.15, 0.2) is 70.5 Å². The van der Waals surface area contributed by atoms with Gasteiger partial charge in [-0.05, 0) is 54.6 Å². The largest absolute Gasteiger partial charge is 0.325 e. The minimum Gasteiger partial charge on any atom is -0.325 e. The van der Waals surface area contributed by atoms with Gasteiger partial charge in [-0.15, -0.1) is 11.3 Å². The van der Waals surface area contributed by atoms with Gasteiger partial charge in [-0.3, -0.25) is 14.6 Å². The number of carbonyl (C=O) groups is 2. The zero-order valence-electron chi connectivity index (χ0n) is 16.4. The summed E-state index contributed by atoms with van der Waals surface area (Å²) in [6.45, 7) is 0.306. The van der Waals surface area contributed by atoms with Gasteiger partial charge < -0.3 is 10.6 Å².